The van der Waals surface area contributed by atoms with Crippen LogP contribution in [0.15, 0.2) is 0 Å². The largest absolute Gasteiger partial charge is 0.313 e. The molecule has 0 radical (unpaired) electrons. The smallest absolute Gasteiger partial charge is 0.222 e. The third-order valence-corrected chi connectivity index (χ3v) is 0.843. The zero-order valence-corrected chi connectivity index (χ0v) is 4.55. The molecule has 0 bridgehead atoms. The molecule has 0 N–H and O–H groups in total. The molecule has 0 atom stereocenters. The molecule has 0 spiro atoms. The number of ether oxygens (including phenoxy) is 2. The van der Waals surface area contributed by atoms with Gasteiger partial charge in [0.05, 0.1) is 0 Å². The Balaban J connectivity index is 2.14. The van der Waals surface area contributed by atoms with Gasteiger partial charge in [-0.3, -0.25) is 4.90 Å². The average molecular weight is 103 g/mol. The maximum atomic E-state index is 4.90. The fourth-order valence-electron chi connectivity index (χ4n) is 0.427. The first-order valence-electron chi connectivity index (χ1n) is 2.20. The summed E-state index contributed by atoms with van der Waals surface area (Å²) in [6, 6.07) is 0. The van der Waals surface area contributed by atoms with Crippen molar-refractivity contribution < 1.29 is 9.47 Å². The topological polar surface area (TPSA) is 21.7 Å². The first-order valence-corrected chi connectivity index (χ1v) is 2.20. The lowest BCUT2D eigenvalue weighted by Gasteiger charge is -2.31. The van der Waals surface area contributed by atoms with Crippen LogP contribution in [-0.2, 0) is 9.47 Å². The standard InChI is InChI=1S/C4H9NO2/c1-5(2)4-6-3-7-4/h4H,3H2,1-2H3. The molecule has 3 heteroatoms. The van der Waals surface area contributed by atoms with E-state index >= 15 is 0 Å². The van der Waals surface area contributed by atoms with E-state index in [1.807, 2.05) is 19.0 Å². The predicted octanol–water partition coefficient (Wildman–Crippen LogP) is -0.164. The highest BCUT2D eigenvalue weighted by Crippen LogP contribution is 2.07. The minimum Gasteiger partial charge on any atom is -0.313 e. The molecule has 3 nitrogen and oxygen atoms in total. The van der Waals surface area contributed by atoms with Crippen LogP contribution < -0.4 is 0 Å². The SMILES string of the molecule is CN(C)C1OCO1. The molecule has 1 rings (SSSR count). The van der Waals surface area contributed by atoms with Gasteiger partial charge in [-0.1, -0.05) is 0 Å². The van der Waals surface area contributed by atoms with Gasteiger partial charge in [0.2, 0.25) is 6.41 Å². The van der Waals surface area contributed by atoms with Crippen LogP contribution >= 0.6 is 0 Å². The Labute approximate surface area is 42.8 Å². The molecule has 1 fully saturated rings. The normalized spacial score (nSPS) is 22.7. The van der Waals surface area contributed by atoms with E-state index in [0.717, 1.165) is 0 Å². The molecule has 7 heavy (non-hydrogen) atoms. The first-order chi connectivity index (χ1) is 3.30. The van der Waals surface area contributed by atoms with Crippen molar-refractivity contribution in [2.45, 2.75) is 6.41 Å². The van der Waals surface area contributed by atoms with E-state index < -0.39 is 0 Å². The molecule has 1 heterocycles. The van der Waals surface area contributed by atoms with Crippen molar-refractivity contribution in [2.75, 3.05) is 20.9 Å². The van der Waals surface area contributed by atoms with Crippen molar-refractivity contribution in [3.63, 3.8) is 0 Å². The number of rotatable bonds is 1. The molecule has 0 saturated carbocycles. The van der Waals surface area contributed by atoms with Crippen molar-refractivity contribution in [1.82, 2.24) is 4.90 Å². The van der Waals surface area contributed by atoms with Gasteiger partial charge in [0.15, 0.2) is 6.79 Å². The van der Waals surface area contributed by atoms with Crippen molar-refractivity contribution in [1.29, 1.82) is 0 Å². The summed E-state index contributed by atoms with van der Waals surface area (Å²) in [7, 11) is 3.81. The second kappa shape index (κ2) is 1.78. The molecular formula is C4H9NO2. The summed E-state index contributed by atoms with van der Waals surface area (Å²) in [5.41, 5.74) is 0. The van der Waals surface area contributed by atoms with Crippen molar-refractivity contribution >= 4 is 0 Å². The van der Waals surface area contributed by atoms with E-state index in [-0.39, 0.29) is 6.41 Å². The van der Waals surface area contributed by atoms with Crippen molar-refractivity contribution in [2.24, 2.45) is 0 Å². The van der Waals surface area contributed by atoms with Gasteiger partial charge in [0.25, 0.3) is 0 Å². The van der Waals surface area contributed by atoms with Crippen LogP contribution in [0.1, 0.15) is 0 Å². The quantitative estimate of drug-likeness (QED) is 0.460. The zero-order chi connectivity index (χ0) is 5.28. The van der Waals surface area contributed by atoms with Gasteiger partial charge >= 0.3 is 0 Å². The maximum Gasteiger partial charge on any atom is 0.222 e. The summed E-state index contributed by atoms with van der Waals surface area (Å²) >= 11 is 0. The Morgan fingerprint density at radius 2 is 2.00 bits per heavy atom. The van der Waals surface area contributed by atoms with Gasteiger partial charge in [-0.05, 0) is 14.1 Å². The van der Waals surface area contributed by atoms with Gasteiger partial charge < -0.3 is 9.47 Å². The zero-order valence-electron chi connectivity index (χ0n) is 4.55. The Bertz CT molecular complexity index is 60.7. The number of hydrogen-bond acceptors (Lipinski definition) is 3. The highest BCUT2D eigenvalue weighted by molar-refractivity contribution is 4.41. The van der Waals surface area contributed by atoms with Crippen molar-refractivity contribution in [3.05, 3.63) is 0 Å². The highest BCUT2D eigenvalue weighted by atomic mass is 16.9. The Kier molecular flexibility index (Phi) is 1.27. The van der Waals surface area contributed by atoms with E-state index in [1.54, 1.807) is 0 Å². The lowest BCUT2D eigenvalue weighted by molar-refractivity contribution is -0.367. The third kappa shape index (κ3) is 0.907. The summed E-state index contributed by atoms with van der Waals surface area (Å²) in [6.07, 6.45) is -0.0833. The maximum absolute atomic E-state index is 4.90. The van der Waals surface area contributed by atoms with Gasteiger partial charge in [0.1, 0.15) is 0 Å². The fourth-order valence-corrected chi connectivity index (χ4v) is 0.427. The lowest BCUT2D eigenvalue weighted by Crippen LogP contribution is -2.42. The molecule has 0 aliphatic carbocycles. The van der Waals surface area contributed by atoms with E-state index in [4.69, 9.17) is 9.47 Å². The van der Waals surface area contributed by atoms with E-state index in [0.29, 0.717) is 6.79 Å². The molecule has 0 amide bonds. The summed E-state index contributed by atoms with van der Waals surface area (Å²) < 4.78 is 9.79. The molecule has 1 aliphatic heterocycles. The highest BCUT2D eigenvalue weighted by Gasteiger charge is 2.19. The third-order valence-electron chi connectivity index (χ3n) is 0.843. The van der Waals surface area contributed by atoms with Gasteiger partial charge in [-0.15, -0.1) is 0 Å². The Hall–Kier alpha value is -0.120. The summed E-state index contributed by atoms with van der Waals surface area (Å²) in [6.45, 7) is 0.447. The minimum absolute atomic E-state index is 0.0833. The van der Waals surface area contributed by atoms with Crippen LogP contribution in [0.5, 0.6) is 0 Å². The molecule has 0 aromatic heterocycles. The molecular weight excluding hydrogens is 94.0 g/mol. The van der Waals surface area contributed by atoms with Crippen LogP contribution in [0, 0.1) is 0 Å². The van der Waals surface area contributed by atoms with Crippen LogP contribution in [0.3, 0.4) is 0 Å². The Morgan fingerprint density at radius 1 is 1.43 bits per heavy atom. The summed E-state index contributed by atoms with van der Waals surface area (Å²) in [5, 5.41) is 0. The number of hydrogen-bond donors (Lipinski definition) is 0. The molecule has 0 aromatic rings. The first kappa shape index (κ1) is 5.03. The van der Waals surface area contributed by atoms with Crippen LogP contribution in [0.2, 0.25) is 0 Å². The predicted molar refractivity (Wildman–Crippen MR) is 24.5 cm³/mol. The van der Waals surface area contributed by atoms with Gasteiger partial charge in [-0.2, -0.15) is 0 Å². The lowest BCUT2D eigenvalue weighted by atomic mass is 10.8. The van der Waals surface area contributed by atoms with Crippen LogP contribution in [0.4, 0.5) is 0 Å². The van der Waals surface area contributed by atoms with E-state index in [2.05, 4.69) is 0 Å². The average Bonchev–Trinajstić information content (AvgIpc) is 1.23. The Morgan fingerprint density at radius 3 is 2.00 bits per heavy atom. The minimum atomic E-state index is -0.0833. The molecule has 0 unspecified atom stereocenters. The molecule has 42 valence electrons. The van der Waals surface area contributed by atoms with Gasteiger partial charge in [0, 0.05) is 0 Å². The number of nitrogens with zero attached hydrogens (tertiary/aromatic N) is 1. The molecule has 0 aromatic carbocycles. The summed E-state index contributed by atoms with van der Waals surface area (Å²) in [5.74, 6) is 0. The van der Waals surface area contributed by atoms with Gasteiger partial charge in [-0.25, -0.2) is 0 Å². The molecule has 1 saturated heterocycles. The second-order valence-corrected chi connectivity index (χ2v) is 1.72. The fraction of sp³-hybridized carbons (Fsp3) is 1.00. The van der Waals surface area contributed by atoms with E-state index in [1.165, 1.54) is 0 Å². The second-order valence-electron chi connectivity index (χ2n) is 1.72. The van der Waals surface area contributed by atoms with Crippen LogP contribution in [0.25, 0.3) is 0 Å². The van der Waals surface area contributed by atoms with E-state index in [9.17, 15) is 0 Å². The molecule has 1 aliphatic rings. The van der Waals surface area contributed by atoms with Crippen molar-refractivity contribution in [3.8, 4) is 0 Å². The van der Waals surface area contributed by atoms with Crippen LogP contribution in [-0.4, -0.2) is 32.2 Å². The monoisotopic (exact) mass is 103 g/mol. The summed E-state index contributed by atoms with van der Waals surface area (Å²) in [4.78, 5) is 1.86.